The summed E-state index contributed by atoms with van der Waals surface area (Å²) in [6.45, 7) is 3.46. The number of β-lactam (4-membered cyclic amide) rings is 1. The summed E-state index contributed by atoms with van der Waals surface area (Å²) in [5, 5.41) is 19.5. The number of aliphatic hydroxyl groups is 1. The van der Waals surface area contributed by atoms with Crippen LogP contribution < -0.4 is 0 Å². The average molecular weight is 377 g/mol. The lowest BCUT2D eigenvalue weighted by atomic mass is 9.79. The Hall–Kier alpha value is -1.97. The number of pyridine rings is 1. The van der Waals surface area contributed by atoms with Gasteiger partial charge >= 0.3 is 5.97 Å². The molecule has 2 aromatic heterocycles. The molecule has 2 aromatic rings. The molecular formula is C16H15N3O4S2. The van der Waals surface area contributed by atoms with Crippen LogP contribution in [0.5, 0.6) is 0 Å². The van der Waals surface area contributed by atoms with Gasteiger partial charge < -0.3 is 15.1 Å². The molecule has 2 aliphatic heterocycles. The molecule has 0 aliphatic carbocycles. The number of amides is 1. The van der Waals surface area contributed by atoms with Gasteiger partial charge in [0.15, 0.2) is 4.34 Å². The summed E-state index contributed by atoms with van der Waals surface area (Å²) in [7, 11) is 0. The third kappa shape index (κ3) is 2.37. The molecule has 9 heteroatoms. The second-order valence-corrected chi connectivity index (χ2v) is 8.52. The number of nitrogens with zero attached hydrogens (tertiary/aromatic N) is 3. The minimum Gasteiger partial charge on any atom is -0.477 e. The van der Waals surface area contributed by atoms with E-state index < -0.39 is 18.0 Å². The summed E-state index contributed by atoms with van der Waals surface area (Å²) in [6, 6.07) is 1.55. The van der Waals surface area contributed by atoms with Gasteiger partial charge in [-0.15, -0.1) is 11.3 Å². The van der Waals surface area contributed by atoms with Crippen molar-refractivity contribution in [3.63, 3.8) is 0 Å². The summed E-state index contributed by atoms with van der Waals surface area (Å²) in [5.74, 6) is -2.18. The number of hydrogen-bond donors (Lipinski definition) is 2. The van der Waals surface area contributed by atoms with Gasteiger partial charge in [-0.2, -0.15) is 0 Å². The SMILES string of the molecule is CC(O)C1C(=O)N2C(C(=O)O)=C(Sc3nc4cnccc4s3)C(C)C12. The van der Waals surface area contributed by atoms with Crippen LogP contribution in [0.2, 0.25) is 0 Å². The molecular weight excluding hydrogens is 362 g/mol. The predicted octanol–water partition coefficient (Wildman–Crippen LogP) is 1.94. The van der Waals surface area contributed by atoms with E-state index in [0.717, 1.165) is 10.2 Å². The number of aliphatic carboxylic acids is 1. The van der Waals surface area contributed by atoms with Crippen LogP contribution in [0.4, 0.5) is 0 Å². The van der Waals surface area contributed by atoms with Crippen LogP contribution in [0.1, 0.15) is 13.8 Å². The number of carboxylic acids is 1. The second-order valence-electron chi connectivity index (χ2n) is 6.20. The molecule has 4 heterocycles. The monoisotopic (exact) mass is 377 g/mol. The van der Waals surface area contributed by atoms with E-state index in [0.29, 0.717) is 9.24 Å². The Labute approximate surface area is 151 Å². The lowest BCUT2D eigenvalue weighted by Gasteiger charge is -2.46. The summed E-state index contributed by atoms with van der Waals surface area (Å²) in [4.78, 5) is 34.6. The molecule has 2 aliphatic rings. The summed E-state index contributed by atoms with van der Waals surface area (Å²) in [5.41, 5.74) is 0.779. The molecule has 0 aromatic carbocycles. The molecule has 7 nitrogen and oxygen atoms in total. The lowest BCUT2D eigenvalue weighted by Crippen LogP contribution is -2.63. The van der Waals surface area contributed by atoms with E-state index in [1.54, 1.807) is 19.3 Å². The van der Waals surface area contributed by atoms with Crippen LogP contribution in [0.25, 0.3) is 10.2 Å². The zero-order valence-corrected chi connectivity index (χ0v) is 15.0. The fraction of sp³-hybridized carbons (Fsp3) is 0.375. The first kappa shape index (κ1) is 16.5. The molecule has 0 saturated carbocycles. The highest BCUT2D eigenvalue weighted by Gasteiger charge is 2.60. The standard InChI is InChI=1S/C16H15N3O4S2/c1-6-11-10(7(2)20)14(21)19(11)12(15(22)23)13(6)25-16-18-8-5-17-4-3-9(8)24-16/h3-7,10-11,20H,1-2H3,(H,22,23). The maximum atomic E-state index is 12.3. The Morgan fingerprint density at radius 3 is 2.88 bits per heavy atom. The predicted molar refractivity (Wildman–Crippen MR) is 92.9 cm³/mol. The van der Waals surface area contributed by atoms with E-state index in [2.05, 4.69) is 9.97 Å². The first-order valence-corrected chi connectivity index (χ1v) is 9.40. The van der Waals surface area contributed by atoms with Crippen LogP contribution in [-0.4, -0.2) is 49.1 Å². The molecule has 4 rings (SSSR count). The van der Waals surface area contributed by atoms with Gasteiger partial charge in [-0.1, -0.05) is 18.7 Å². The quantitative estimate of drug-likeness (QED) is 0.785. The molecule has 0 bridgehead atoms. The van der Waals surface area contributed by atoms with Crippen molar-refractivity contribution in [1.82, 2.24) is 14.9 Å². The van der Waals surface area contributed by atoms with Crippen molar-refractivity contribution >= 4 is 45.2 Å². The van der Waals surface area contributed by atoms with Gasteiger partial charge in [0.05, 0.1) is 29.0 Å². The van der Waals surface area contributed by atoms with Crippen LogP contribution in [0, 0.1) is 11.8 Å². The number of aromatic nitrogens is 2. The van der Waals surface area contributed by atoms with Crippen LogP contribution in [-0.2, 0) is 9.59 Å². The van der Waals surface area contributed by atoms with E-state index >= 15 is 0 Å². The minimum atomic E-state index is -1.13. The lowest BCUT2D eigenvalue weighted by molar-refractivity contribution is -0.163. The van der Waals surface area contributed by atoms with E-state index in [4.69, 9.17) is 0 Å². The minimum absolute atomic E-state index is 0.0155. The van der Waals surface area contributed by atoms with Crippen LogP contribution in [0.3, 0.4) is 0 Å². The molecule has 25 heavy (non-hydrogen) atoms. The topological polar surface area (TPSA) is 104 Å². The van der Waals surface area contributed by atoms with Crippen LogP contribution >= 0.6 is 23.1 Å². The number of fused-ring (bicyclic) bond motifs is 2. The van der Waals surface area contributed by atoms with E-state index in [-0.39, 0.29) is 23.6 Å². The molecule has 4 unspecified atom stereocenters. The van der Waals surface area contributed by atoms with Gasteiger partial charge in [0, 0.05) is 17.0 Å². The van der Waals surface area contributed by atoms with Gasteiger partial charge in [-0.3, -0.25) is 9.78 Å². The largest absolute Gasteiger partial charge is 0.477 e. The first-order valence-electron chi connectivity index (χ1n) is 7.77. The van der Waals surface area contributed by atoms with Gasteiger partial charge in [-0.25, -0.2) is 9.78 Å². The average Bonchev–Trinajstić information content (AvgIpc) is 3.05. The molecule has 1 fully saturated rings. The summed E-state index contributed by atoms with van der Waals surface area (Å²) < 4.78 is 1.69. The Morgan fingerprint density at radius 1 is 1.48 bits per heavy atom. The summed E-state index contributed by atoms with van der Waals surface area (Å²) in [6.07, 6.45) is 2.55. The number of hydrogen-bond acceptors (Lipinski definition) is 7. The van der Waals surface area contributed by atoms with Crippen molar-refractivity contribution in [2.75, 3.05) is 0 Å². The third-order valence-corrected chi connectivity index (χ3v) is 7.06. The number of carbonyl (C=O) groups excluding carboxylic acids is 1. The number of carboxylic acid groups (broad SMARTS) is 1. The van der Waals surface area contributed by atoms with Crippen molar-refractivity contribution in [2.24, 2.45) is 11.8 Å². The highest BCUT2D eigenvalue weighted by Crippen LogP contribution is 2.52. The number of aliphatic hydroxyl groups excluding tert-OH is 1. The van der Waals surface area contributed by atoms with E-state index in [1.165, 1.54) is 28.0 Å². The van der Waals surface area contributed by atoms with Crippen molar-refractivity contribution in [2.45, 2.75) is 30.3 Å². The maximum absolute atomic E-state index is 12.3. The number of carbonyl (C=O) groups is 2. The van der Waals surface area contributed by atoms with Gasteiger partial charge in [0.25, 0.3) is 0 Å². The molecule has 0 spiro atoms. The number of rotatable bonds is 4. The highest BCUT2D eigenvalue weighted by molar-refractivity contribution is 8.04. The first-order chi connectivity index (χ1) is 11.9. The maximum Gasteiger partial charge on any atom is 0.353 e. The van der Waals surface area contributed by atoms with Crippen molar-refractivity contribution < 1.29 is 19.8 Å². The molecule has 2 N–H and O–H groups in total. The molecule has 0 radical (unpaired) electrons. The van der Waals surface area contributed by atoms with Crippen molar-refractivity contribution in [3.8, 4) is 0 Å². The van der Waals surface area contributed by atoms with Gasteiger partial charge in [-0.05, 0) is 13.0 Å². The fourth-order valence-corrected chi connectivity index (χ4v) is 5.86. The molecule has 1 saturated heterocycles. The fourth-order valence-electron chi connectivity index (χ4n) is 3.55. The molecule has 1 amide bonds. The molecule has 130 valence electrons. The third-order valence-electron chi connectivity index (χ3n) is 4.68. The van der Waals surface area contributed by atoms with Gasteiger partial charge in [0.2, 0.25) is 5.91 Å². The van der Waals surface area contributed by atoms with Gasteiger partial charge in [0.1, 0.15) is 11.2 Å². The van der Waals surface area contributed by atoms with E-state index in [9.17, 15) is 19.8 Å². The second kappa shape index (κ2) is 5.79. The number of thioether (sulfide) groups is 1. The normalized spacial score (nSPS) is 26.8. The molecule has 4 atom stereocenters. The Kier molecular flexibility index (Phi) is 3.82. The van der Waals surface area contributed by atoms with Crippen LogP contribution in [0.15, 0.2) is 33.4 Å². The van der Waals surface area contributed by atoms with E-state index in [1.807, 2.05) is 13.0 Å². The zero-order chi connectivity index (χ0) is 17.9. The van der Waals surface area contributed by atoms with Crippen molar-refractivity contribution in [3.05, 3.63) is 29.1 Å². The Balaban J connectivity index is 1.72. The number of thiazole rings is 1. The smallest absolute Gasteiger partial charge is 0.353 e. The zero-order valence-electron chi connectivity index (χ0n) is 13.4. The Bertz CT molecular complexity index is 890. The highest BCUT2D eigenvalue weighted by atomic mass is 32.2. The Morgan fingerprint density at radius 2 is 2.24 bits per heavy atom. The summed E-state index contributed by atoms with van der Waals surface area (Å²) >= 11 is 2.75. The van der Waals surface area contributed by atoms with Crippen molar-refractivity contribution in [1.29, 1.82) is 0 Å².